The second-order valence-corrected chi connectivity index (χ2v) is 8.87. The summed E-state index contributed by atoms with van der Waals surface area (Å²) in [6, 6.07) is 16.9. The highest BCUT2D eigenvalue weighted by Crippen LogP contribution is 2.18. The average molecular weight is 433 g/mol. The lowest BCUT2D eigenvalue weighted by Crippen LogP contribution is -2.48. The van der Waals surface area contributed by atoms with Crippen molar-refractivity contribution in [2.24, 2.45) is 5.92 Å². The minimum atomic E-state index is -0.534. The number of nitrogens with one attached hydrogen (secondary N) is 1. The van der Waals surface area contributed by atoms with Gasteiger partial charge in [0.15, 0.2) is 0 Å². The van der Waals surface area contributed by atoms with Crippen molar-refractivity contribution < 1.29 is 9.59 Å². The van der Waals surface area contributed by atoms with Crippen LogP contribution in [0.1, 0.15) is 31.9 Å². The number of halogens is 1. The number of nitrogens with zero attached hydrogens (tertiary/aromatic N) is 1. The Bertz CT molecular complexity index is 798. The first kappa shape index (κ1) is 23.3. The molecule has 2 aromatic carbocycles. The summed E-state index contributed by atoms with van der Waals surface area (Å²) in [5, 5.41) is 3.63. The molecule has 156 valence electrons. The van der Waals surface area contributed by atoms with Crippen molar-refractivity contribution >= 4 is 35.2 Å². The minimum Gasteiger partial charge on any atom is -0.354 e. The van der Waals surface area contributed by atoms with Gasteiger partial charge in [0.1, 0.15) is 6.04 Å². The molecule has 0 radical (unpaired) electrons. The number of carbonyl (C=O) groups excluding carboxylic acids is 2. The molecule has 0 unspecified atom stereocenters. The van der Waals surface area contributed by atoms with E-state index in [9.17, 15) is 9.59 Å². The van der Waals surface area contributed by atoms with E-state index in [4.69, 9.17) is 11.6 Å². The van der Waals surface area contributed by atoms with Crippen molar-refractivity contribution in [2.45, 2.75) is 39.1 Å². The fourth-order valence-corrected chi connectivity index (χ4v) is 3.85. The molecule has 0 spiro atoms. The molecule has 0 aliphatic heterocycles. The SMILES string of the molecule is CC(C)CNC(=O)[C@@H](C)N(Cc1ccccc1)C(=O)CSCc1cccc(Cl)c1. The molecule has 1 N–H and O–H groups in total. The number of hydrogen-bond acceptors (Lipinski definition) is 3. The van der Waals surface area contributed by atoms with E-state index in [1.165, 1.54) is 11.8 Å². The third-order valence-corrected chi connectivity index (χ3v) is 5.65. The van der Waals surface area contributed by atoms with Gasteiger partial charge >= 0.3 is 0 Å². The second kappa shape index (κ2) is 11.9. The van der Waals surface area contributed by atoms with Crippen LogP contribution in [-0.4, -0.2) is 35.1 Å². The molecular weight excluding hydrogens is 404 g/mol. The van der Waals surface area contributed by atoms with E-state index in [0.717, 1.165) is 11.1 Å². The first-order chi connectivity index (χ1) is 13.9. The Hall–Kier alpha value is -1.98. The second-order valence-electron chi connectivity index (χ2n) is 7.44. The summed E-state index contributed by atoms with van der Waals surface area (Å²) in [6.45, 7) is 6.89. The summed E-state index contributed by atoms with van der Waals surface area (Å²) in [7, 11) is 0. The van der Waals surface area contributed by atoms with Crippen LogP contribution < -0.4 is 5.32 Å². The van der Waals surface area contributed by atoms with Crippen LogP contribution in [0.4, 0.5) is 0 Å². The first-order valence-electron chi connectivity index (χ1n) is 9.80. The zero-order valence-corrected chi connectivity index (χ0v) is 18.8. The van der Waals surface area contributed by atoms with Crippen molar-refractivity contribution in [3.05, 3.63) is 70.7 Å². The fraction of sp³-hybridized carbons (Fsp3) is 0.391. The van der Waals surface area contributed by atoms with Crippen LogP contribution in [0.25, 0.3) is 0 Å². The van der Waals surface area contributed by atoms with E-state index in [-0.39, 0.29) is 11.8 Å². The van der Waals surface area contributed by atoms with Gasteiger partial charge in [-0.1, -0.05) is 67.9 Å². The maximum atomic E-state index is 13.0. The zero-order valence-electron chi connectivity index (χ0n) is 17.2. The molecule has 0 saturated carbocycles. The van der Waals surface area contributed by atoms with Gasteiger partial charge in [-0.25, -0.2) is 0 Å². The molecule has 1 atom stereocenters. The predicted molar refractivity (Wildman–Crippen MR) is 122 cm³/mol. The standard InChI is InChI=1S/C23H29ClN2O2S/c1-17(2)13-25-23(28)18(3)26(14-19-8-5-4-6-9-19)22(27)16-29-15-20-10-7-11-21(24)12-20/h4-12,17-18H,13-16H2,1-3H3,(H,25,28)/t18-/m1/s1. The molecular formula is C23H29ClN2O2S. The van der Waals surface area contributed by atoms with Gasteiger partial charge in [-0.15, -0.1) is 11.8 Å². The van der Waals surface area contributed by atoms with Crippen LogP contribution in [-0.2, 0) is 21.9 Å². The fourth-order valence-electron chi connectivity index (χ4n) is 2.78. The molecule has 4 nitrogen and oxygen atoms in total. The third kappa shape index (κ3) is 8.11. The van der Waals surface area contributed by atoms with Gasteiger partial charge in [0.25, 0.3) is 0 Å². The van der Waals surface area contributed by atoms with Crippen LogP contribution >= 0.6 is 23.4 Å². The van der Waals surface area contributed by atoms with E-state index >= 15 is 0 Å². The van der Waals surface area contributed by atoms with Crippen LogP contribution in [0.5, 0.6) is 0 Å². The summed E-state index contributed by atoms with van der Waals surface area (Å²) in [6.07, 6.45) is 0. The van der Waals surface area contributed by atoms with E-state index in [1.54, 1.807) is 11.8 Å². The van der Waals surface area contributed by atoms with E-state index in [2.05, 4.69) is 5.32 Å². The molecule has 0 aliphatic carbocycles. The Labute approximate surface area is 183 Å². The van der Waals surface area contributed by atoms with Gasteiger partial charge in [-0.3, -0.25) is 9.59 Å². The lowest BCUT2D eigenvalue weighted by atomic mass is 10.1. The topological polar surface area (TPSA) is 49.4 Å². The average Bonchev–Trinajstić information content (AvgIpc) is 2.70. The summed E-state index contributed by atoms with van der Waals surface area (Å²) >= 11 is 7.55. The maximum Gasteiger partial charge on any atom is 0.242 e. The Kier molecular flexibility index (Phi) is 9.55. The van der Waals surface area contributed by atoms with E-state index in [1.807, 2.05) is 68.4 Å². The summed E-state index contributed by atoms with van der Waals surface area (Å²) < 4.78 is 0. The number of rotatable bonds is 10. The monoisotopic (exact) mass is 432 g/mol. The van der Waals surface area contributed by atoms with Gasteiger partial charge in [-0.05, 0) is 36.1 Å². The molecule has 0 aliphatic rings. The molecule has 2 rings (SSSR count). The number of amides is 2. The Morgan fingerprint density at radius 1 is 1.03 bits per heavy atom. The van der Waals surface area contributed by atoms with Crippen LogP contribution in [0.3, 0.4) is 0 Å². The van der Waals surface area contributed by atoms with Crippen molar-refractivity contribution in [2.75, 3.05) is 12.3 Å². The summed E-state index contributed by atoms with van der Waals surface area (Å²) in [4.78, 5) is 27.2. The highest BCUT2D eigenvalue weighted by atomic mass is 35.5. The summed E-state index contributed by atoms with van der Waals surface area (Å²) in [5.41, 5.74) is 2.08. The Morgan fingerprint density at radius 3 is 2.38 bits per heavy atom. The van der Waals surface area contributed by atoms with Gasteiger partial charge in [0.05, 0.1) is 5.75 Å². The lowest BCUT2D eigenvalue weighted by molar-refractivity contribution is -0.138. The van der Waals surface area contributed by atoms with Crippen molar-refractivity contribution in [1.29, 1.82) is 0 Å². The lowest BCUT2D eigenvalue weighted by Gasteiger charge is -2.29. The largest absolute Gasteiger partial charge is 0.354 e. The van der Waals surface area contributed by atoms with Crippen LogP contribution in [0.15, 0.2) is 54.6 Å². The van der Waals surface area contributed by atoms with Gasteiger partial charge in [-0.2, -0.15) is 0 Å². The molecule has 0 aromatic heterocycles. The molecule has 0 fully saturated rings. The van der Waals surface area contributed by atoms with E-state index < -0.39 is 6.04 Å². The zero-order chi connectivity index (χ0) is 21.2. The number of benzene rings is 2. The predicted octanol–water partition coefficient (Wildman–Crippen LogP) is 4.76. The molecule has 2 amide bonds. The molecule has 0 heterocycles. The molecule has 6 heteroatoms. The third-order valence-electron chi connectivity index (χ3n) is 4.43. The smallest absolute Gasteiger partial charge is 0.242 e. The van der Waals surface area contributed by atoms with Gasteiger partial charge in [0.2, 0.25) is 11.8 Å². The van der Waals surface area contributed by atoms with Crippen LogP contribution in [0.2, 0.25) is 5.02 Å². The minimum absolute atomic E-state index is 0.0481. The Balaban J connectivity index is 2.02. The first-order valence-corrected chi connectivity index (χ1v) is 11.3. The van der Waals surface area contributed by atoms with E-state index in [0.29, 0.717) is 35.5 Å². The quantitative estimate of drug-likeness (QED) is 0.588. The molecule has 29 heavy (non-hydrogen) atoms. The number of carbonyl (C=O) groups is 2. The van der Waals surface area contributed by atoms with Gasteiger partial charge in [0, 0.05) is 23.9 Å². The highest BCUT2D eigenvalue weighted by molar-refractivity contribution is 7.99. The van der Waals surface area contributed by atoms with Gasteiger partial charge < -0.3 is 10.2 Å². The highest BCUT2D eigenvalue weighted by Gasteiger charge is 2.26. The van der Waals surface area contributed by atoms with Crippen molar-refractivity contribution in [1.82, 2.24) is 10.2 Å². The maximum absolute atomic E-state index is 13.0. The molecule has 0 bridgehead atoms. The van der Waals surface area contributed by atoms with Crippen LogP contribution in [0, 0.1) is 5.92 Å². The Morgan fingerprint density at radius 2 is 1.72 bits per heavy atom. The van der Waals surface area contributed by atoms with Crippen molar-refractivity contribution in [3.63, 3.8) is 0 Å². The molecule has 2 aromatic rings. The molecule has 0 saturated heterocycles. The number of hydrogen-bond donors (Lipinski definition) is 1. The normalized spacial score (nSPS) is 11.9. The summed E-state index contributed by atoms with van der Waals surface area (Å²) in [5.74, 6) is 1.19. The van der Waals surface area contributed by atoms with Crippen molar-refractivity contribution in [3.8, 4) is 0 Å². The number of thioether (sulfide) groups is 1.